The summed E-state index contributed by atoms with van der Waals surface area (Å²) in [5, 5.41) is 17.5. The van der Waals surface area contributed by atoms with Crippen molar-refractivity contribution in [2.75, 3.05) is 25.1 Å². The average molecular weight is 395 g/mol. The second-order valence-electron chi connectivity index (χ2n) is 7.10. The maximum Gasteiger partial charge on any atom is 0.251 e. The molecule has 0 radical (unpaired) electrons. The first-order valence-corrected chi connectivity index (χ1v) is 9.53. The number of anilines is 1. The molecule has 2 heterocycles. The summed E-state index contributed by atoms with van der Waals surface area (Å²) in [6.07, 6.45) is 2.70. The Balaban J connectivity index is 1.53. The monoisotopic (exact) mass is 395 g/mol. The molecule has 29 heavy (non-hydrogen) atoms. The number of rotatable bonds is 6. The van der Waals surface area contributed by atoms with Gasteiger partial charge in [0, 0.05) is 23.8 Å². The predicted molar refractivity (Wildman–Crippen MR) is 108 cm³/mol. The van der Waals surface area contributed by atoms with Gasteiger partial charge in [-0.3, -0.25) is 4.79 Å². The molecule has 2 aromatic carbocycles. The molecule has 0 bridgehead atoms. The molecule has 1 aliphatic heterocycles. The third-order valence-corrected chi connectivity index (χ3v) is 5.00. The van der Waals surface area contributed by atoms with Crippen molar-refractivity contribution in [3.05, 3.63) is 71.7 Å². The van der Waals surface area contributed by atoms with Crippen LogP contribution in [0.4, 0.5) is 10.2 Å². The fourth-order valence-corrected chi connectivity index (χ4v) is 3.42. The molecule has 1 aromatic heterocycles. The van der Waals surface area contributed by atoms with E-state index >= 15 is 0 Å². The van der Waals surface area contributed by atoms with Crippen LogP contribution >= 0.6 is 0 Å². The first kappa shape index (κ1) is 19.3. The Morgan fingerprint density at radius 1 is 1.24 bits per heavy atom. The minimum absolute atomic E-state index is 0.239. The van der Waals surface area contributed by atoms with Crippen molar-refractivity contribution in [2.24, 2.45) is 0 Å². The number of hydrogen-bond acceptors (Lipinski definition) is 5. The molecule has 7 heteroatoms. The minimum Gasteiger partial charge on any atom is -0.394 e. The van der Waals surface area contributed by atoms with E-state index in [1.165, 1.54) is 12.1 Å². The molecule has 3 aromatic rings. The van der Waals surface area contributed by atoms with Gasteiger partial charge in [0.05, 0.1) is 25.3 Å². The molecule has 4 rings (SSSR count). The number of hydrogen-bond donors (Lipinski definition) is 3. The highest BCUT2D eigenvalue weighted by Gasteiger charge is 2.17. The number of nitrogens with one attached hydrogen (secondary N) is 2. The Labute approximate surface area is 167 Å². The number of carbonyl (C=O) groups is 1. The van der Waals surface area contributed by atoms with Crippen molar-refractivity contribution in [2.45, 2.75) is 18.5 Å². The fourth-order valence-electron chi connectivity index (χ4n) is 3.42. The standard InChI is InChI=1S/C22H22FN3O3/c23-18-3-1-2-14(9-18)20(12-27)26-22(28)15-4-5-16-11-24-21(10-17(16)8-15)25-19-6-7-29-13-19/h1-5,8-11,19-20,27H,6-7,12-13H2,(H,24,25)(H,26,28)/t19?,20-/m1/s1. The Kier molecular flexibility index (Phi) is 5.69. The third kappa shape index (κ3) is 4.52. The van der Waals surface area contributed by atoms with E-state index in [4.69, 9.17) is 4.74 Å². The summed E-state index contributed by atoms with van der Waals surface area (Å²) in [6.45, 7) is 1.07. The van der Waals surface area contributed by atoms with Crippen molar-refractivity contribution in [1.29, 1.82) is 0 Å². The number of amides is 1. The van der Waals surface area contributed by atoms with Crippen LogP contribution in [0.3, 0.4) is 0 Å². The molecule has 0 aliphatic carbocycles. The second kappa shape index (κ2) is 8.55. The zero-order chi connectivity index (χ0) is 20.2. The van der Waals surface area contributed by atoms with E-state index in [0.29, 0.717) is 17.7 Å². The molecule has 6 nitrogen and oxygen atoms in total. The van der Waals surface area contributed by atoms with E-state index in [1.54, 1.807) is 30.5 Å². The normalized spacial score (nSPS) is 17.2. The highest BCUT2D eigenvalue weighted by molar-refractivity contribution is 5.99. The smallest absolute Gasteiger partial charge is 0.251 e. The van der Waals surface area contributed by atoms with Crippen molar-refractivity contribution in [3.8, 4) is 0 Å². The van der Waals surface area contributed by atoms with Gasteiger partial charge < -0.3 is 20.5 Å². The van der Waals surface area contributed by atoms with Gasteiger partial charge in [0.25, 0.3) is 5.91 Å². The average Bonchev–Trinajstić information content (AvgIpc) is 3.24. The zero-order valence-electron chi connectivity index (χ0n) is 15.8. The molecule has 1 aliphatic rings. The number of halogens is 1. The van der Waals surface area contributed by atoms with Crippen LogP contribution in [0.5, 0.6) is 0 Å². The molecule has 150 valence electrons. The molecule has 1 fully saturated rings. The summed E-state index contributed by atoms with van der Waals surface area (Å²) >= 11 is 0. The predicted octanol–water partition coefficient (Wildman–Crippen LogP) is 3.04. The number of fused-ring (bicyclic) bond motifs is 1. The van der Waals surface area contributed by atoms with Gasteiger partial charge in [-0.05, 0) is 47.7 Å². The topological polar surface area (TPSA) is 83.5 Å². The van der Waals surface area contributed by atoms with Crippen LogP contribution in [0, 0.1) is 5.82 Å². The minimum atomic E-state index is -0.689. The summed E-state index contributed by atoms with van der Waals surface area (Å²) in [6, 6.07) is 12.6. The quantitative estimate of drug-likeness (QED) is 0.598. The molecule has 1 amide bonds. The molecule has 1 saturated heterocycles. The molecular formula is C22H22FN3O3. The number of ether oxygens (including phenoxy) is 1. The number of nitrogens with zero attached hydrogens (tertiary/aromatic N) is 1. The van der Waals surface area contributed by atoms with Crippen molar-refractivity contribution in [1.82, 2.24) is 10.3 Å². The Bertz CT molecular complexity index is 1020. The fraction of sp³-hybridized carbons (Fsp3) is 0.273. The summed E-state index contributed by atoms with van der Waals surface area (Å²) in [4.78, 5) is 17.1. The van der Waals surface area contributed by atoms with Crippen LogP contribution in [-0.4, -0.2) is 41.9 Å². The summed E-state index contributed by atoms with van der Waals surface area (Å²) < 4.78 is 18.8. The lowest BCUT2D eigenvalue weighted by molar-refractivity contribution is 0.0916. The van der Waals surface area contributed by atoms with Gasteiger partial charge in [0.15, 0.2) is 0 Å². The van der Waals surface area contributed by atoms with E-state index in [2.05, 4.69) is 15.6 Å². The summed E-state index contributed by atoms with van der Waals surface area (Å²) in [7, 11) is 0. The van der Waals surface area contributed by atoms with Crippen LogP contribution in [0.15, 0.2) is 54.7 Å². The highest BCUT2D eigenvalue weighted by atomic mass is 19.1. The third-order valence-electron chi connectivity index (χ3n) is 5.00. The number of pyridine rings is 1. The Morgan fingerprint density at radius 2 is 2.14 bits per heavy atom. The van der Waals surface area contributed by atoms with E-state index in [-0.39, 0.29) is 18.6 Å². The van der Waals surface area contributed by atoms with Crippen LogP contribution in [0.1, 0.15) is 28.4 Å². The van der Waals surface area contributed by atoms with Gasteiger partial charge >= 0.3 is 0 Å². The molecule has 3 N–H and O–H groups in total. The molecule has 1 unspecified atom stereocenters. The number of carbonyl (C=O) groups excluding carboxylic acids is 1. The maximum absolute atomic E-state index is 13.5. The lowest BCUT2D eigenvalue weighted by Crippen LogP contribution is -2.30. The van der Waals surface area contributed by atoms with E-state index < -0.39 is 11.9 Å². The SMILES string of the molecule is O=C(N[C@H](CO)c1cccc(F)c1)c1ccc2cnc(NC3CCOC3)cc2c1. The largest absolute Gasteiger partial charge is 0.394 e. The molecular weight excluding hydrogens is 373 g/mol. The molecule has 0 spiro atoms. The van der Waals surface area contributed by atoms with Crippen LogP contribution in [0.2, 0.25) is 0 Å². The summed E-state index contributed by atoms with van der Waals surface area (Å²) in [5.74, 6) is -0.0228. The van der Waals surface area contributed by atoms with Crippen LogP contribution in [-0.2, 0) is 4.74 Å². The van der Waals surface area contributed by atoms with Gasteiger partial charge in [0.1, 0.15) is 11.6 Å². The zero-order valence-corrected chi connectivity index (χ0v) is 15.8. The van der Waals surface area contributed by atoms with Gasteiger partial charge in [-0.15, -0.1) is 0 Å². The van der Waals surface area contributed by atoms with Crippen molar-refractivity contribution in [3.63, 3.8) is 0 Å². The highest BCUT2D eigenvalue weighted by Crippen LogP contribution is 2.21. The maximum atomic E-state index is 13.5. The van der Waals surface area contributed by atoms with E-state index in [1.807, 2.05) is 12.1 Å². The summed E-state index contributed by atoms with van der Waals surface area (Å²) in [5.41, 5.74) is 0.963. The number of aliphatic hydroxyl groups is 1. The lowest BCUT2D eigenvalue weighted by atomic mass is 10.1. The van der Waals surface area contributed by atoms with Crippen molar-refractivity contribution < 1.29 is 19.0 Å². The first-order chi connectivity index (χ1) is 14.1. The van der Waals surface area contributed by atoms with Crippen molar-refractivity contribution >= 4 is 22.5 Å². The Morgan fingerprint density at radius 3 is 2.90 bits per heavy atom. The van der Waals surface area contributed by atoms with E-state index in [9.17, 15) is 14.3 Å². The van der Waals surface area contributed by atoms with Gasteiger partial charge in [-0.25, -0.2) is 9.37 Å². The van der Waals surface area contributed by atoms with Crippen LogP contribution < -0.4 is 10.6 Å². The van der Waals surface area contributed by atoms with E-state index in [0.717, 1.165) is 29.6 Å². The van der Waals surface area contributed by atoms with Crippen LogP contribution in [0.25, 0.3) is 10.8 Å². The molecule has 2 atom stereocenters. The van der Waals surface area contributed by atoms with Gasteiger partial charge in [0.2, 0.25) is 0 Å². The molecule has 0 saturated carbocycles. The van der Waals surface area contributed by atoms with Gasteiger partial charge in [-0.1, -0.05) is 18.2 Å². The number of aromatic nitrogens is 1. The Hall–Kier alpha value is -3.03. The van der Waals surface area contributed by atoms with Gasteiger partial charge in [-0.2, -0.15) is 0 Å². The number of benzene rings is 2. The second-order valence-corrected chi connectivity index (χ2v) is 7.10. The number of aliphatic hydroxyl groups excluding tert-OH is 1. The first-order valence-electron chi connectivity index (χ1n) is 9.53. The lowest BCUT2D eigenvalue weighted by Gasteiger charge is -2.17.